The Labute approximate surface area is 141 Å². The van der Waals surface area contributed by atoms with Gasteiger partial charge in [-0.2, -0.15) is 0 Å². The van der Waals surface area contributed by atoms with Gasteiger partial charge in [0.05, 0.1) is 0 Å². The first-order valence-corrected chi connectivity index (χ1v) is 8.38. The first-order valence-electron chi connectivity index (χ1n) is 8.38. The number of ether oxygens (including phenoxy) is 1. The summed E-state index contributed by atoms with van der Waals surface area (Å²) in [5.41, 5.74) is 3.34. The Balaban J connectivity index is 2.01. The van der Waals surface area contributed by atoms with E-state index >= 15 is 0 Å². The van der Waals surface area contributed by atoms with E-state index in [1.165, 1.54) is 0 Å². The highest BCUT2D eigenvalue weighted by Crippen LogP contribution is 2.31. The number of hydrogen-bond donors (Lipinski definition) is 0. The molecule has 0 saturated heterocycles. The van der Waals surface area contributed by atoms with E-state index in [9.17, 15) is 4.79 Å². The van der Waals surface area contributed by atoms with E-state index in [0.717, 1.165) is 40.7 Å². The van der Waals surface area contributed by atoms with Gasteiger partial charge in [-0.3, -0.25) is 0 Å². The lowest BCUT2D eigenvalue weighted by molar-refractivity contribution is 0.225. The number of hydrogen-bond acceptors (Lipinski definition) is 3. The molecule has 0 aliphatic carbocycles. The van der Waals surface area contributed by atoms with Crippen molar-refractivity contribution in [1.82, 2.24) is 0 Å². The number of aryl methyl sites for hydroxylation is 2. The van der Waals surface area contributed by atoms with Gasteiger partial charge in [0.1, 0.15) is 17.4 Å². The fourth-order valence-electron chi connectivity index (χ4n) is 2.99. The van der Waals surface area contributed by atoms with Crippen LogP contribution in [0, 0.1) is 6.92 Å². The van der Waals surface area contributed by atoms with Crippen LogP contribution in [0.2, 0.25) is 0 Å². The van der Waals surface area contributed by atoms with E-state index in [0.29, 0.717) is 5.58 Å². The number of rotatable bonds is 5. The molecule has 3 heteroatoms. The van der Waals surface area contributed by atoms with Crippen molar-refractivity contribution >= 4 is 11.0 Å². The number of fused-ring (bicyclic) bond motifs is 1. The molecule has 0 unspecified atom stereocenters. The first kappa shape index (κ1) is 16.3. The Morgan fingerprint density at radius 2 is 1.88 bits per heavy atom. The zero-order chi connectivity index (χ0) is 17.1. The van der Waals surface area contributed by atoms with E-state index in [2.05, 4.69) is 6.92 Å². The van der Waals surface area contributed by atoms with Crippen molar-refractivity contribution in [3.63, 3.8) is 0 Å². The van der Waals surface area contributed by atoms with Crippen LogP contribution in [0.4, 0.5) is 0 Å². The molecule has 2 aromatic carbocycles. The Hall–Kier alpha value is -2.55. The lowest BCUT2D eigenvalue weighted by atomic mass is 10.0. The topological polar surface area (TPSA) is 39.4 Å². The van der Waals surface area contributed by atoms with Crippen molar-refractivity contribution in [2.24, 2.45) is 0 Å². The Morgan fingerprint density at radius 3 is 2.58 bits per heavy atom. The third-order valence-electron chi connectivity index (χ3n) is 4.29. The monoisotopic (exact) mass is 322 g/mol. The van der Waals surface area contributed by atoms with Crippen molar-refractivity contribution < 1.29 is 9.15 Å². The summed E-state index contributed by atoms with van der Waals surface area (Å²) >= 11 is 0. The second-order valence-electron chi connectivity index (χ2n) is 6.08. The predicted molar refractivity (Wildman–Crippen MR) is 96.7 cm³/mol. The minimum atomic E-state index is -0.303. The molecule has 0 aliphatic heterocycles. The molecule has 1 aromatic heterocycles. The van der Waals surface area contributed by atoms with Crippen LogP contribution < -0.4 is 10.4 Å². The second-order valence-corrected chi connectivity index (χ2v) is 6.08. The van der Waals surface area contributed by atoms with E-state index in [1.807, 2.05) is 56.3 Å². The normalized spacial score (nSPS) is 12.3. The molecule has 0 saturated carbocycles. The summed E-state index contributed by atoms with van der Waals surface area (Å²) in [6, 6.07) is 15.6. The Bertz CT molecular complexity index is 894. The average molecular weight is 322 g/mol. The van der Waals surface area contributed by atoms with Crippen LogP contribution in [-0.4, -0.2) is 0 Å². The van der Waals surface area contributed by atoms with Crippen molar-refractivity contribution in [1.29, 1.82) is 0 Å². The standard InChI is InChI=1S/C21H22O3/c1-4-8-17-13-20(22)24-21-14(2)19(12-11-18(17)21)23-15(3)16-9-6-5-7-10-16/h5-7,9-13,15H,4,8H2,1-3H3/t15-/m1/s1. The molecule has 1 heterocycles. The maximum absolute atomic E-state index is 11.9. The van der Waals surface area contributed by atoms with Crippen molar-refractivity contribution in [3.05, 3.63) is 75.6 Å². The van der Waals surface area contributed by atoms with Gasteiger partial charge in [0, 0.05) is 17.0 Å². The molecule has 0 N–H and O–H groups in total. The number of benzene rings is 2. The van der Waals surface area contributed by atoms with Crippen molar-refractivity contribution in [3.8, 4) is 5.75 Å². The smallest absolute Gasteiger partial charge is 0.336 e. The van der Waals surface area contributed by atoms with E-state index in [1.54, 1.807) is 6.07 Å². The van der Waals surface area contributed by atoms with Crippen LogP contribution in [0.3, 0.4) is 0 Å². The maximum atomic E-state index is 11.9. The van der Waals surface area contributed by atoms with Crippen LogP contribution in [0.15, 0.2) is 57.7 Å². The molecule has 0 spiro atoms. The van der Waals surface area contributed by atoms with Crippen LogP contribution in [0.25, 0.3) is 11.0 Å². The minimum Gasteiger partial charge on any atom is -0.486 e. The van der Waals surface area contributed by atoms with Crippen LogP contribution >= 0.6 is 0 Å². The highest BCUT2D eigenvalue weighted by molar-refractivity contribution is 5.85. The third kappa shape index (κ3) is 3.21. The zero-order valence-electron chi connectivity index (χ0n) is 14.3. The maximum Gasteiger partial charge on any atom is 0.336 e. The van der Waals surface area contributed by atoms with Gasteiger partial charge in [-0.15, -0.1) is 0 Å². The van der Waals surface area contributed by atoms with Gasteiger partial charge in [-0.25, -0.2) is 4.79 Å². The molecule has 3 nitrogen and oxygen atoms in total. The van der Waals surface area contributed by atoms with Gasteiger partial charge in [0.25, 0.3) is 0 Å². The van der Waals surface area contributed by atoms with E-state index in [4.69, 9.17) is 9.15 Å². The lowest BCUT2D eigenvalue weighted by Gasteiger charge is -2.17. The molecule has 3 rings (SSSR count). The van der Waals surface area contributed by atoms with E-state index in [-0.39, 0.29) is 11.7 Å². The molecule has 0 aliphatic rings. The molecule has 0 fully saturated rings. The lowest BCUT2D eigenvalue weighted by Crippen LogP contribution is -2.06. The SMILES string of the molecule is CCCc1cc(=O)oc2c(C)c(O[C@H](C)c3ccccc3)ccc12. The van der Waals surface area contributed by atoms with Gasteiger partial charge in [0.15, 0.2) is 0 Å². The molecule has 24 heavy (non-hydrogen) atoms. The van der Waals surface area contributed by atoms with Gasteiger partial charge in [-0.05, 0) is 43.5 Å². The second kappa shape index (κ2) is 6.91. The highest BCUT2D eigenvalue weighted by Gasteiger charge is 2.14. The third-order valence-corrected chi connectivity index (χ3v) is 4.29. The average Bonchev–Trinajstić information content (AvgIpc) is 2.59. The summed E-state index contributed by atoms with van der Waals surface area (Å²) in [6.45, 7) is 6.06. The summed E-state index contributed by atoms with van der Waals surface area (Å²) in [5, 5.41) is 0.994. The molecular weight excluding hydrogens is 300 g/mol. The quantitative estimate of drug-likeness (QED) is 0.607. The van der Waals surface area contributed by atoms with Crippen LogP contribution in [0.5, 0.6) is 5.75 Å². The summed E-state index contributed by atoms with van der Waals surface area (Å²) in [7, 11) is 0. The molecular formula is C21H22O3. The van der Waals surface area contributed by atoms with Crippen molar-refractivity contribution in [2.75, 3.05) is 0 Å². The fourth-order valence-corrected chi connectivity index (χ4v) is 2.99. The zero-order valence-corrected chi connectivity index (χ0v) is 14.3. The van der Waals surface area contributed by atoms with Gasteiger partial charge < -0.3 is 9.15 Å². The fraction of sp³-hybridized carbons (Fsp3) is 0.286. The molecule has 0 bridgehead atoms. The Kier molecular flexibility index (Phi) is 4.70. The molecule has 0 radical (unpaired) electrons. The summed E-state index contributed by atoms with van der Waals surface area (Å²) in [6.07, 6.45) is 1.77. The van der Waals surface area contributed by atoms with Gasteiger partial charge >= 0.3 is 5.63 Å². The highest BCUT2D eigenvalue weighted by atomic mass is 16.5. The molecule has 3 aromatic rings. The molecule has 0 amide bonds. The van der Waals surface area contributed by atoms with E-state index < -0.39 is 0 Å². The predicted octanol–water partition coefficient (Wildman–Crippen LogP) is 5.19. The van der Waals surface area contributed by atoms with Crippen LogP contribution in [0.1, 0.15) is 43.1 Å². The Morgan fingerprint density at radius 1 is 1.12 bits per heavy atom. The molecule has 1 atom stereocenters. The van der Waals surface area contributed by atoms with Crippen LogP contribution in [-0.2, 0) is 6.42 Å². The summed E-state index contributed by atoms with van der Waals surface area (Å²) < 4.78 is 11.6. The van der Waals surface area contributed by atoms with Gasteiger partial charge in [-0.1, -0.05) is 43.7 Å². The largest absolute Gasteiger partial charge is 0.486 e. The van der Waals surface area contributed by atoms with Gasteiger partial charge in [0.2, 0.25) is 0 Å². The van der Waals surface area contributed by atoms with Crippen molar-refractivity contribution in [2.45, 2.75) is 39.7 Å². The summed E-state index contributed by atoms with van der Waals surface area (Å²) in [4.78, 5) is 11.9. The summed E-state index contributed by atoms with van der Waals surface area (Å²) in [5.74, 6) is 0.746. The molecule has 124 valence electrons. The first-order chi connectivity index (χ1) is 11.6. The minimum absolute atomic E-state index is 0.0760.